The van der Waals surface area contributed by atoms with Crippen molar-refractivity contribution in [2.45, 2.75) is 12.8 Å². The van der Waals surface area contributed by atoms with Crippen molar-refractivity contribution >= 4 is 11.8 Å². The molecule has 2 amide bonds. The van der Waals surface area contributed by atoms with Crippen molar-refractivity contribution < 1.29 is 14.3 Å². The van der Waals surface area contributed by atoms with Gasteiger partial charge in [-0.3, -0.25) is 9.59 Å². The van der Waals surface area contributed by atoms with Crippen molar-refractivity contribution in [2.24, 2.45) is 0 Å². The molecule has 30 heavy (non-hydrogen) atoms. The van der Waals surface area contributed by atoms with Crippen LogP contribution in [0.3, 0.4) is 0 Å². The molecule has 0 aliphatic rings. The van der Waals surface area contributed by atoms with Crippen LogP contribution in [0.25, 0.3) is 0 Å². The Kier molecular flexibility index (Phi) is 7.61. The third kappa shape index (κ3) is 5.70. The maximum absolute atomic E-state index is 12.9. The standard InChI is InChI=1S/C25H26N2O3/c1-2-30-22-15-13-21(14-16-22)24(28)26-17-18-27-25(29)23(19-9-5-3-6-10-19)20-11-7-4-8-12-20/h3-16,23H,2,17-18H2,1H3,(H,26,28)(H,27,29). The van der Waals surface area contributed by atoms with Gasteiger partial charge in [-0.05, 0) is 42.3 Å². The van der Waals surface area contributed by atoms with Gasteiger partial charge in [0.05, 0.1) is 12.5 Å². The van der Waals surface area contributed by atoms with Crippen LogP contribution in [0, 0.1) is 0 Å². The average molecular weight is 402 g/mol. The lowest BCUT2D eigenvalue weighted by atomic mass is 9.90. The smallest absolute Gasteiger partial charge is 0.251 e. The Bertz CT molecular complexity index is 902. The second kappa shape index (κ2) is 10.8. The first-order valence-electron chi connectivity index (χ1n) is 10.1. The Labute approximate surface area is 177 Å². The number of amides is 2. The molecular weight excluding hydrogens is 376 g/mol. The van der Waals surface area contributed by atoms with E-state index in [9.17, 15) is 9.59 Å². The van der Waals surface area contributed by atoms with E-state index in [0.717, 1.165) is 16.9 Å². The van der Waals surface area contributed by atoms with E-state index in [-0.39, 0.29) is 11.8 Å². The second-order valence-electron chi connectivity index (χ2n) is 6.76. The summed E-state index contributed by atoms with van der Waals surface area (Å²) in [5.74, 6) is 0.0565. The van der Waals surface area contributed by atoms with Gasteiger partial charge in [-0.1, -0.05) is 60.7 Å². The number of carbonyl (C=O) groups is 2. The molecule has 2 N–H and O–H groups in total. The van der Waals surface area contributed by atoms with Crippen LogP contribution in [0.2, 0.25) is 0 Å². The third-order valence-corrected chi connectivity index (χ3v) is 4.67. The summed E-state index contributed by atoms with van der Waals surface area (Å²) in [6.45, 7) is 3.18. The monoisotopic (exact) mass is 402 g/mol. The summed E-state index contributed by atoms with van der Waals surface area (Å²) in [6.07, 6.45) is 0. The minimum Gasteiger partial charge on any atom is -0.494 e. The first kappa shape index (κ1) is 21.1. The number of nitrogens with one attached hydrogen (secondary N) is 2. The minimum atomic E-state index is -0.394. The van der Waals surface area contributed by atoms with E-state index in [1.165, 1.54) is 0 Å². The molecule has 0 saturated heterocycles. The first-order valence-corrected chi connectivity index (χ1v) is 10.1. The normalized spacial score (nSPS) is 10.5. The van der Waals surface area contributed by atoms with E-state index in [0.29, 0.717) is 25.3 Å². The van der Waals surface area contributed by atoms with Crippen LogP contribution in [0.5, 0.6) is 5.75 Å². The van der Waals surface area contributed by atoms with Gasteiger partial charge in [0.1, 0.15) is 5.75 Å². The maximum Gasteiger partial charge on any atom is 0.251 e. The fourth-order valence-electron chi connectivity index (χ4n) is 3.22. The van der Waals surface area contributed by atoms with E-state index in [1.54, 1.807) is 24.3 Å². The molecule has 0 aliphatic carbocycles. The lowest BCUT2D eigenvalue weighted by Gasteiger charge is -2.18. The third-order valence-electron chi connectivity index (χ3n) is 4.67. The molecular formula is C25H26N2O3. The molecule has 3 aromatic rings. The molecule has 154 valence electrons. The first-order chi connectivity index (χ1) is 14.7. The molecule has 5 heteroatoms. The zero-order chi connectivity index (χ0) is 21.2. The Morgan fingerprint density at radius 2 is 1.30 bits per heavy atom. The topological polar surface area (TPSA) is 67.4 Å². The summed E-state index contributed by atoms with van der Waals surface area (Å²) >= 11 is 0. The van der Waals surface area contributed by atoms with Crippen molar-refractivity contribution in [1.82, 2.24) is 10.6 Å². The van der Waals surface area contributed by atoms with Gasteiger partial charge in [-0.15, -0.1) is 0 Å². The van der Waals surface area contributed by atoms with Gasteiger partial charge in [0.15, 0.2) is 0 Å². The van der Waals surface area contributed by atoms with Crippen molar-refractivity contribution in [3.8, 4) is 5.75 Å². The number of benzene rings is 3. The lowest BCUT2D eigenvalue weighted by molar-refractivity contribution is -0.121. The van der Waals surface area contributed by atoms with Gasteiger partial charge in [0, 0.05) is 18.7 Å². The molecule has 0 unspecified atom stereocenters. The number of hydrogen-bond acceptors (Lipinski definition) is 3. The van der Waals surface area contributed by atoms with Gasteiger partial charge < -0.3 is 15.4 Å². The van der Waals surface area contributed by atoms with E-state index in [2.05, 4.69) is 10.6 Å². The summed E-state index contributed by atoms with van der Waals surface area (Å²) in [5.41, 5.74) is 2.41. The predicted octanol–water partition coefficient (Wildman–Crippen LogP) is 3.76. The van der Waals surface area contributed by atoms with Crippen LogP contribution in [0.15, 0.2) is 84.9 Å². The van der Waals surface area contributed by atoms with Crippen molar-refractivity contribution in [3.05, 3.63) is 102 Å². The van der Waals surface area contributed by atoms with Crippen molar-refractivity contribution in [2.75, 3.05) is 19.7 Å². The number of hydrogen-bond donors (Lipinski definition) is 2. The molecule has 0 radical (unpaired) electrons. The van der Waals surface area contributed by atoms with Crippen LogP contribution in [-0.2, 0) is 4.79 Å². The molecule has 0 spiro atoms. The van der Waals surface area contributed by atoms with E-state index >= 15 is 0 Å². The van der Waals surface area contributed by atoms with Gasteiger partial charge in [0.2, 0.25) is 5.91 Å². The molecule has 3 rings (SSSR count). The highest BCUT2D eigenvalue weighted by molar-refractivity contribution is 5.94. The average Bonchev–Trinajstić information content (AvgIpc) is 2.79. The molecule has 3 aromatic carbocycles. The highest BCUT2D eigenvalue weighted by Gasteiger charge is 2.22. The fourth-order valence-corrected chi connectivity index (χ4v) is 3.22. The second-order valence-corrected chi connectivity index (χ2v) is 6.76. The van der Waals surface area contributed by atoms with E-state index in [4.69, 9.17) is 4.74 Å². The molecule has 0 atom stereocenters. The van der Waals surface area contributed by atoms with Crippen molar-refractivity contribution in [1.29, 1.82) is 0 Å². The SMILES string of the molecule is CCOc1ccc(C(=O)NCCNC(=O)C(c2ccccc2)c2ccccc2)cc1. The predicted molar refractivity (Wildman–Crippen MR) is 118 cm³/mol. The number of ether oxygens (including phenoxy) is 1. The molecule has 0 saturated carbocycles. The van der Waals surface area contributed by atoms with Crippen LogP contribution >= 0.6 is 0 Å². The molecule has 0 aliphatic heterocycles. The summed E-state index contributed by atoms with van der Waals surface area (Å²) < 4.78 is 5.38. The van der Waals surface area contributed by atoms with Gasteiger partial charge in [-0.25, -0.2) is 0 Å². The minimum absolute atomic E-state index is 0.0947. The Balaban J connectivity index is 1.55. The quantitative estimate of drug-likeness (QED) is 0.536. The number of rotatable bonds is 9. The molecule has 0 fully saturated rings. The molecule has 0 bridgehead atoms. The highest BCUT2D eigenvalue weighted by atomic mass is 16.5. The fraction of sp³-hybridized carbons (Fsp3) is 0.200. The van der Waals surface area contributed by atoms with Crippen molar-refractivity contribution in [3.63, 3.8) is 0 Å². The number of carbonyl (C=O) groups excluding carboxylic acids is 2. The van der Waals surface area contributed by atoms with Crippen LogP contribution < -0.4 is 15.4 Å². The Morgan fingerprint density at radius 3 is 1.83 bits per heavy atom. The van der Waals surface area contributed by atoms with Crippen LogP contribution in [0.1, 0.15) is 34.3 Å². The molecule has 0 aromatic heterocycles. The molecule has 5 nitrogen and oxygen atoms in total. The summed E-state index contributed by atoms with van der Waals surface area (Å²) in [5, 5.41) is 5.77. The van der Waals surface area contributed by atoms with E-state index in [1.807, 2.05) is 67.6 Å². The van der Waals surface area contributed by atoms with E-state index < -0.39 is 5.92 Å². The van der Waals surface area contributed by atoms with Gasteiger partial charge in [0.25, 0.3) is 5.91 Å². The zero-order valence-electron chi connectivity index (χ0n) is 17.0. The zero-order valence-corrected chi connectivity index (χ0v) is 17.0. The largest absolute Gasteiger partial charge is 0.494 e. The maximum atomic E-state index is 12.9. The molecule has 0 heterocycles. The summed E-state index contributed by atoms with van der Waals surface area (Å²) in [7, 11) is 0. The van der Waals surface area contributed by atoms with Gasteiger partial charge >= 0.3 is 0 Å². The Morgan fingerprint density at radius 1 is 0.767 bits per heavy atom. The highest BCUT2D eigenvalue weighted by Crippen LogP contribution is 2.24. The van der Waals surface area contributed by atoms with Crippen LogP contribution in [0.4, 0.5) is 0 Å². The Hall–Kier alpha value is -3.60. The lowest BCUT2D eigenvalue weighted by Crippen LogP contribution is -2.37. The van der Waals surface area contributed by atoms with Gasteiger partial charge in [-0.2, -0.15) is 0 Å². The summed E-state index contributed by atoms with van der Waals surface area (Å²) in [4.78, 5) is 25.2. The summed E-state index contributed by atoms with van der Waals surface area (Å²) in [6, 6.07) is 26.3. The van der Waals surface area contributed by atoms with Crippen LogP contribution in [-0.4, -0.2) is 31.5 Å².